The lowest BCUT2D eigenvalue weighted by molar-refractivity contribution is -0.145. The van der Waals surface area contributed by atoms with Crippen molar-refractivity contribution in [3.05, 3.63) is 30.5 Å². The predicted molar refractivity (Wildman–Crippen MR) is 88.7 cm³/mol. The molecule has 5 nitrogen and oxygen atoms in total. The minimum absolute atomic E-state index is 0.0187. The Morgan fingerprint density at radius 3 is 2.32 bits per heavy atom. The molecule has 0 aliphatic rings. The van der Waals surface area contributed by atoms with Crippen LogP contribution in [0.15, 0.2) is 30.5 Å². The van der Waals surface area contributed by atoms with Crippen LogP contribution in [0.2, 0.25) is 0 Å². The highest BCUT2D eigenvalue weighted by Gasteiger charge is 2.26. The summed E-state index contributed by atoms with van der Waals surface area (Å²) in [5.74, 6) is -1.10. The van der Waals surface area contributed by atoms with Crippen LogP contribution in [0.5, 0.6) is 0 Å². The standard InChI is InChI=1S/C17H23N3O2/c1-11(2)20(12(3)4)17(22)16(21)18-14-6-7-15-13(10-14)8-9-19(15)5/h6-12H,1-5H3,(H,18,21). The van der Waals surface area contributed by atoms with Gasteiger partial charge in [0.1, 0.15) is 0 Å². The quantitative estimate of drug-likeness (QED) is 0.886. The van der Waals surface area contributed by atoms with Gasteiger partial charge in [-0.1, -0.05) is 0 Å². The molecule has 0 radical (unpaired) electrons. The van der Waals surface area contributed by atoms with Crippen molar-refractivity contribution in [2.24, 2.45) is 7.05 Å². The largest absolute Gasteiger partial charge is 0.351 e. The Balaban J connectivity index is 2.17. The third kappa shape index (κ3) is 3.13. The van der Waals surface area contributed by atoms with Crippen molar-refractivity contribution in [3.63, 3.8) is 0 Å². The van der Waals surface area contributed by atoms with Gasteiger partial charge in [0, 0.05) is 41.9 Å². The number of nitrogens with zero attached hydrogens (tertiary/aromatic N) is 2. The van der Waals surface area contributed by atoms with Gasteiger partial charge in [0.05, 0.1) is 0 Å². The van der Waals surface area contributed by atoms with Crippen LogP contribution in [0, 0.1) is 0 Å². The lowest BCUT2D eigenvalue weighted by Crippen LogP contribution is -2.47. The normalized spacial score (nSPS) is 11.2. The van der Waals surface area contributed by atoms with Crippen molar-refractivity contribution in [1.82, 2.24) is 9.47 Å². The van der Waals surface area contributed by atoms with Gasteiger partial charge in [-0.2, -0.15) is 0 Å². The maximum atomic E-state index is 12.3. The molecule has 0 atom stereocenters. The molecule has 1 heterocycles. The van der Waals surface area contributed by atoms with Crippen LogP contribution in [0.1, 0.15) is 27.7 Å². The summed E-state index contributed by atoms with van der Waals surface area (Å²) in [6.07, 6.45) is 1.96. The summed E-state index contributed by atoms with van der Waals surface area (Å²) in [7, 11) is 1.97. The van der Waals surface area contributed by atoms with Gasteiger partial charge in [0.2, 0.25) is 0 Å². The highest BCUT2D eigenvalue weighted by atomic mass is 16.2. The molecule has 1 aromatic heterocycles. The zero-order valence-electron chi connectivity index (χ0n) is 13.8. The van der Waals surface area contributed by atoms with E-state index in [4.69, 9.17) is 0 Å². The number of amides is 2. The number of aryl methyl sites for hydroxylation is 1. The third-order valence-electron chi connectivity index (χ3n) is 3.68. The highest BCUT2D eigenvalue weighted by molar-refractivity contribution is 6.39. The maximum absolute atomic E-state index is 12.3. The fourth-order valence-electron chi connectivity index (χ4n) is 2.73. The summed E-state index contributed by atoms with van der Waals surface area (Å²) < 4.78 is 2.01. The van der Waals surface area contributed by atoms with E-state index in [-0.39, 0.29) is 12.1 Å². The third-order valence-corrected chi connectivity index (χ3v) is 3.68. The maximum Gasteiger partial charge on any atom is 0.313 e. The molecular formula is C17H23N3O2. The molecule has 0 bridgehead atoms. The predicted octanol–water partition coefficient (Wildman–Crippen LogP) is 2.76. The first-order valence-electron chi connectivity index (χ1n) is 7.50. The number of anilines is 1. The van der Waals surface area contributed by atoms with E-state index in [1.807, 2.05) is 69.8 Å². The van der Waals surface area contributed by atoms with Gasteiger partial charge >= 0.3 is 11.8 Å². The first kappa shape index (κ1) is 16.1. The van der Waals surface area contributed by atoms with E-state index in [1.54, 1.807) is 4.90 Å². The SMILES string of the molecule is CC(C)N(C(=O)C(=O)Nc1ccc2c(ccn2C)c1)C(C)C. The lowest BCUT2D eigenvalue weighted by Gasteiger charge is -2.29. The average Bonchev–Trinajstić information content (AvgIpc) is 2.79. The van der Waals surface area contributed by atoms with Gasteiger partial charge in [-0.15, -0.1) is 0 Å². The van der Waals surface area contributed by atoms with Gasteiger partial charge in [-0.05, 0) is 52.0 Å². The van der Waals surface area contributed by atoms with Crippen molar-refractivity contribution in [2.75, 3.05) is 5.32 Å². The molecule has 2 rings (SSSR count). The fourth-order valence-corrected chi connectivity index (χ4v) is 2.73. The molecule has 2 amide bonds. The van der Waals surface area contributed by atoms with E-state index in [9.17, 15) is 9.59 Å². The van der Waals surface area contributed by atoms with Crippen LogP contribution in [0.25, 0.3) is 10.9 Å². The first-order valence-corrected chi connectivity index (χ1v) is 7.50. The van der Waals surface area contributed by atoms with Crippen LogP contribution in [0.4, 0.5) is 5.69 Å². The monoisotopic (exact) mass is 301 g/mol. The van der Waals surface area contributed by atoms with E-state index in [1.165, 1.54) is 0 Å². The number of benzene rings is 1. The molecular weight excluding hydrogens is 278 g/mol. The second kappa shape index (κ2) is 6.22. The van der Waals surface area contributed by atoms with Gasteiger partial charge in [-0.3, -0.25) is 9.59 Å². The molecule has 1 N–H and O–H groups in total. The Morgan fingerprint density at radius 2 is 1.73 bits per heavy atom. The van der Waals surface area contributed by atoms with Crippen LogP contribution in [-0.2, 0) is 16.6 Å². The Labute approximate surface area is 130 Å². The zero-order valence-corrected chi connectivity index (χ0v) is 13.8. The van der Waals surface area contributed by atoms with Crippen LogP contribution in [0.3, 0.4) is 0 Å². The zero-order chi connectivity index (χ0) is 16.4. The summed E-state index contributed by atoms with van der Waals surface area (Å²) in [6, 6.07) is 7.54. The van der Waals surface area contributed by atoms with Gasteiger partial charge in [0.25, 0.3) is 0 Å². The molecule has 5 heteroatoms. The van der Waals surface area contributed by atoms with Crippen molar-refractivity contribution >= 4 is 28.4 Å². The van der Waals surface area contributed by atoms with Crippen molar-refractivity contribution in [1.29, 1.82) is 0 Å². The number of rotatable bonds is 3. The number of fused-ring (bicyclic) bond motifs is 1. The van der Waals surface area contributed by atoms with Crippen molar-refractivity contribution in [2.45, 2.75) is 39.8 Å². The van der Waals surface area contributed by atoms with E-state index in [0.717, 1.165) is 10.9 Å². The van der Waals surface area contributed by atoms with Crippen LogP contribution >= 0.6 is 0 Å². The van der Waals surface area contributed by atoms with Gasteiger partial charge in [-0.25, -0.2) is 0 Å². The lowest BCUT2D eigenvalue weighted by atomic mass is 10.2. The summed E-state index contributed by atoms with van der Waals surface area (Å²) in [6.45, 7) is 7.62. The Hall–Kier alpha value is -2.30. The van der Waals surface area contributed by atoms with Crippen LogP contribution < -0.4 is 5.32 Å². The number of aromatic nitrogens is 1. The molecule has 0 aliphatic carbocycles. The molecule has 0 fully saturated rings. The molecule has 0 unspecified atom stereocenters. The molecule has 118 valence electrons. The van der Waals surface area contributed by atoms with Gasteiger partial charge < -0.3 is 14.8 Å². The van der Waals surface area contributed by atoms with Gasteiger partial charge in [0.15, 0.2) is 0 Å². The average molecular weight is 301 g/mol. The molecule has 0 saturated heterocycles. The molecule has 22 heavy (non-hydrogen) atoms. The van der Waals surface area contributed by atoms with Crippen molar-refractivity contribution < 1.29 is 9.59 Å². The Morgan fingerprint density at radius 1 is 1.09 bits per heavy atom. The fraction of sp³-hybridized carbons (Fsp3) is 0.412. The molecule has 0 saturated carbocycles. The molecule has 0 aliphatic heterocycles. The molecule has 2 aromatic rings. The number of nitrogens with one attached hydrogen (secondary N) is 1. The minimum atomic E-state index is -0.599. The summed E-state index contributed by atoms with van der Waals surface area (Å²) in [5.41, 5.74) is 1.71. The first-order chi connectivity index (χ1) is 10.3. The van der Waals surface area contributed by atoms with E-state index in [2.05, 4.69) is 5.32 Å². The minimum Gasteiger partial charge on any atom is -0.351 e. The summed E-state index contributed by atoms with van der Waals surface area (Å²) in [4.78, 5) is 26.1. The molecule has 0 spiro atoms. The number of carbonyl (C=O) groups is 2. The second-order valence-electron chi connectivity index (χ2n) is 6.05. The smallest absolute Gasteiger partial charge is 0.313 e. The number of carbonyl (C=O) groups excluding carboxylic acids is 2. The van der Waals surface area contributed by atoms with E-state index in [0.29, 0.717) is 5.69 Å². The number of hydrogen-bond donors (Lipinski definition) is 1. The highest BCUT2D eigenvalue weighted by Crippen LogP contribution is 2.20. The summed E-state index contributed by atoms with van der Waals surface area (Å²) in [5, 5.41) is 3.72. The number of hydrogen-bond acceptors (Lipinski definition) is 2. The second-order valence-corrected chi connectivity index (χ2v) is 6.05. The topological polar surface area (TPSA) is 54.3 Å². The molecule has 1 aromatic carbocycles. The van der Waals surface area contributed by atoms with E-state index < -0.39 is 11.8 Å². The van der Waals surface area contributed by atoms with E-state index >= 15 is 0 Å². The van der Waals surface area contributed by atoms with Crippen molar-refractivity contribution in [3.8, 4) is 0 Å². The summed E-state index contributed by atoms with van der Waals surface area (Å²) >= 11 is 0. The Kier molecular flexibility index (Phi) is 4.54. The Bertz CT molecular complexity index is 693. The van der Waals surface area contributed by atoms with Crippen LogP contribution in [-0.4, -0.2) is 33.4 Å².